The molecule has 0 spiro atoms. The topological polar surface area (TPSA) is 85.4 Å². The first-order valence-electron chi connectivity index (χ1n) is 9.88. The van der Waals surface area contributed by atoms with Crippen LogP contribution in [-0.4, -0.2) is 67.9 Å². The minimum atomic E-state index is -0.569. The van der Waals surface area contributed by atoms with Crippen molar-refractivity contribution in [2.45, 2.75) is 40.2 Å². The molecule has 1 aromatic rings. The molecule has 1 saturated heterocycles. The van der Waals surface area contributed by atoms with Crippen LogP contribution in [0.1, 0.15) is 55.3 Å². The number of anilines is 1. The predicted octanol–water partition coefficient (Wildman–Crippen LogP) is 3.10. The van der Waals surface area contributed by atoms with Crippen LogP contribution in [-0.2, 0) is 14.2 Å². The van der Waals surface area contributed by atoms with Crippen molar-refractivity contribution in [3.8, 4) is 0 Å². The molecule has 8 heteroatoms. The van der Waals surface area contributed by atoms with Gasteiger partial charge in [0.2, 0.25) is 0 Å². The van der Waals surface area contributed by atoms with Crippen molar-refractivity contribution < 1.29 is 28.6 Å². The molecule has 1 aliphatic rings. The maximum Gasteiger partial charge on any atom is 0.410 e. The summed E-state index contributed by atoms with van der Waals surface area (Å²) in [7, 11) is 0. The van der Waals surface area contributed by atoms with Gasteiger partial charge in [0.25, 0.3) is 0 Å². The molecule has 0 unspecified atom stereocenters. The smallest absolute Gasteiger partial charge is 0.410 e. The second-order valence-electron chi connectivity index (χ2n) is 7.60. The van der Waals surface area contributed by atoms with Crippen LogP contribution < -0.4 is 4.90 Å². The number of hydrogen-bond donors (Lipinski definition) is 0. The lowest BCUT2D eigenvalue weighted by molar-refractivity contribution is 0.0239. The van der Waals surface area contributed by atoms with Gasteiger partial charge in [-0.2, -0.15) is 0 Å². The first-order chi connectivity index (χ1) is 13.7. The number of carbonyl (C=O) groups is 3. The van der Waals surface area contributed by atoms with E-state index in [4.69, 9.17) is 14.2 Å². The molecule has 0 N–H and O–H groups in total. The molecule has 2 rings (SSSR count). The van der Waals surface area contributed by atoms with Crippen LogP contribution in [0, 0.1) is 0 Å². The Labute approximate surface area is 171 Å². The summed E-state index contributed by atoms with van der Waals surface area (Å²) in [6.45, 7) is 11.2. The Kier molecular flexibility index (Phi) is 7.47. The van der Waals surface area contributed by atoms with Crippen molar-refractivity contribution in [2.75, 3.05) is 44.3 Å². The summed E-state index contributed by atoms with van der Waals surface area (Å²) in [5.41, 5.74) is 0.410. The van der Waals surface area contributed by atoms with Crippen molar-refractivity contribution in [3.63, 3.8) is 0 Å². The summed E-state index contributed by atoms with van der Waals surface area (Å²) >= 11 is 0. The van der Waals surface area contributed by atoms with Crippen LogP contribution in [0.3, 0.4) is 0 Å². The van der Waals surface area contributed by atoms with E-state index in [9.17, 15) is 14.4 Å². The Morgan fingerprint density at radius 1 is 0.931 bits per heavy atom. The molecule has 160 valence electrons. The summed E-state index contributed by atoms with van der Waals surface area (Å²) in [5.74, 6) is -1.13. The van der Waals surface area contributed by atoms with Crippen LogP contribution >= 0.6 is 0 Å². The molecule has 0 aliphatic carbocycles. The minimum Gasteiger partial charge on any atom is -0.462 e. The van der Waals surface area contributed by atoms with E-state index in [-0.39, 0.29) is 30.4 Å². The third-order valence-electron chi connectivity index (χ3n) is 4.29. The van der Waals surface area contributed by atoms with Crippen molar-refractivity contribution in [1.29, 1.82) is 0 Å². The Balaban J connectivity index is 2.24. The highest BCUT2D eigenvalue weighted by atomic mass is 16.6. The lowest BCUT2D eigenvalue weighted by atomic mass is 10.0. The molecule has 0 radical (unpaired) electrons. The molecule has 1 heterocycles. The fraction of sp³-hybridized carbons (Fsp3) is 0.571. The molecule has 0 saturated carbocycles. The fourth-order valence-corrected chi connectivity index (χ4v) is 3.06. The van der Waals surface area contributed by atoms with Crippen molar-refractivity contribution in [1.82, 2.24) is 4.90 Å². The Morgan fingerprint density at radius 2 is 1.52 bits per heavy atom. The van der Waals surface area contributed by atoms with E-state index in [0.29, 0.717) is 31.9 Å². The van der Waals surface area contributed by atoms with Gasteiger partial charge in [-0.3, -0.25) is 0 Å². The number of benzene rings is 1. The first kappa shape index (κ1) is 22.5. The van der Waals surface area contributed by atoms with E-state index in [1.807, 2.05) is 25.7 Å². The van der Waals surface area contributed by atoms with Gasteiger partial charge in [-0.05, 0) is 46.8 Å². The average molecular weight is 406 g/mol. The lowest BCUT2D eigenvalue weighted by Crippen LogP contribution is -2.50. The number of piperazine rings is 1. The summed E-state index contributed by atoms with van der Waals surface area (Å²) in [6, 6.07) is 5.05. The zero-order valence-corrected chi connectivity index (χ0v) is 17.8. The summed E-state index contributed by atoms with van der Waals surface area (Å²) < 4.78 is 15.7. The largest absolute Gasteiger partial charge is 0.462 e. The van der Waals surface area contributed by atoms with Gasteiger partial charge in [0.1, 0.15) is 5.60 Å². The van der Waals surface area contributed by atoms with Gasteiger partial charge >= 0.3 is 18.0 Å². The highest BCUT2D eigenvalue weighted by molar-refractivity contribution is 6.07. The summed E-state index contributed by atoms with van der Waals surface area (Å²) in [5, 5.41) is 0. The molecule has 0 aromatic heterocycles. The van der Waals surface area contributed by atoms with E-state index in [0.717, 1.165) is 0 Å². The van der Waals surface area contributed by atoms with E-state index in [1.54, 1.807) is 36.9 Å². The van der Waals surface area contributed by atoms with Gasteiger partial charge in [-0.15, -0.1) is 0 Å². The minimum absolute atomic E-state index is 0.178. The maximum absolute atomic E-state index is 12.6. The third-order valence-corrected chi connectivity index (χ3v) is 4.29. The molecule has 8 nitrogen and oxygen atoms in total. The Bertz CT molecular complexity index is 748. The zero-order chi connectivity index (χ0) is 21.6. The Hall–Kier alpha value is -2.77. The van der Waals surface area contributed by atoms with Crippen LogP contribution in [0.5, 0.6) is 0 Å². The summed E-state index contributed by atoms with van der Waals surface area (Å²) in [6.07, 6.45) is -0.358. The molecule has 1 amide bonds. The van der Waals surface area contributed by atoms with Crippen LogP contribution in [0.2, 0.25) is 0 Å². The van der Waals surface area contributed by atoms with Gasteiger partial charge in [0.05, 0.1) is 30.0 Å². The standard InChI is InChI=1S/C21H30N2O6/c1-6-27-18(24)15-9-8-10-16(17(15)19(25)28-7-2)22-11-13-23(14-12-22)20(26)29-21(3,4)5/h8-10H,6-7,11-14H2,1-5H3. The van der Waals surface area contributed by atoms with E-state index in [2.05, 4.69) is 0 Å². The summed E-state index contributed by atoms with van der Waals surface area (Å²) in [4.78, 5) is 40.9. The highest BCUT2D eigenvalue weighted by Crippen LogP contribution is 2.27. The average Bonchev–Trinajstić information content (AvgIpc) is 2.66. The molecule has 1 aromatic carbocycles. The highest BCUT2D eigenvalue weighted by Gasteiger charge is 2.30. The molecule has 29 heavy (non-hydrogen) atoms. The quantitative estimate of drug-likeness (QED) is 0.549. The number of hydrogen-bond acceptors (Lipinski definition) is 7. The van der Waals surface area contributed by atoms with Crippen molar-refractivity contribution >= 4 is 23.7 Å². The van der Waals surface area contributed by atoms with Gasteiger partial charge in [0.15, 0.2) is 0 Å². The zero-order valence-electron chi connectivity index (χ0n) is 17.8. The molecule has 0 bridgehead atoms. The van der Waals surface area contributed by atoms with E-state index in [1.165, 1.54) is 0 Å². The number of carbonyl (C=O) groups excluding carboxylic acids is 3. The van der Waals surface area contributed by atoms with Crippen LogP contribution in [0.25, 0.3) is 0 Å². The first-order valence-corrected chi connectivity index (χ1v) is 9.88. The molecule has 1 fully saturated rings. The van der Waals surface area contributed by atoms with Crippen molar-refractivity contribution in [3.05, 3.63) is 29.3 Å². The number of amides is 1. The third kappa shape index (κ3) is 5.85. The number of rotatable bonds is 5. The van der Waals surface area contributed by atoms with Crippen LogP contribution in [0.15, 0.2) is 18.2 Å². The molecular formula is C21H30N2O6. The predicted molar refractivity (Wildman–Crippen MR) is 108 cm³/mol. The number of esters is 2. The molecule has 1 aliphatic heterocycles. The maximum atomic E-state index is 12.6. The monoisotopic (exact) mass is 406 g/mol. The van der Waals surface area contributed by atoms with Gasteiger partial charge in [-0.25, -0.2) is 14.4 Å². The SMILES string of the molecule is CCOC(=O)c1cccc(N2CCN(C(=O)OC(C)(C)C)CC2)c1C(=O)OCC. The van der Waals surface area contributed by atoms with E-state index < -0.39 is 17.5 Å². The fourth-order valence-electron chi connectivity index (χ4n) is 3.06. The van der Waals surface area contributed by atoms with E-state index >= 15 is 0 Å². The van der Waals surface area contributed by atoms with Crippen molar-refractivity contribution in [2.24, 2.45) is 0 Å². The number of ether oxygens (including phenoxy) is 3. The van der Waals surface area contributed by atoms with Gasteiger partial charge in [-0.1, -0.05) is 6.07 Å². The Morgan fingerprint density at radius 3 is 2.07 bits per heavy atom. The molecular weight excluding hydrogens is 376 g/mol. The second-order valence-corrected chi connectivity index (χ2v) is 7.60. The van der Waals surface area contributed by atoms with Gasteiger partial charge < -0.3 is 24.0 Å². The van der Waals surface area contributed by atoms with Crippen LogP contribution in [0.4, 0.5) is 10.5 Å². The lowest BCUT2D eigenvalue weighted by Gasteiger charge is -2.37. The molecule has 0 atom stereocenters. The van der Waals surface area contributed by atoms with Gasteiger partial charge in [0, 0.05) is 26.2 Å². The number of nitrogens with zero attached hydrogens (tertiary/aromatic N) is 2. The second kappa shape index (κ2) is 9.62. The normalized spacial score (nSPS) is 14.4.